The molecule has 14 heavy (non-hydrogen) atoms. The van der Waals surface area contributed by atoms with Gasteiger partial charge in [-0.05, 0) is 12.1 Å². The average molecular weight is 207 g/mol. The highest BCUT2D eigenvalue weighted by Gasteiger charge is 2.04. The van der Waals surface area contributed by atoms with E-state index in [1.54, 1.807) is 0 Å². The van der Waals surface area contributed by atoms with Crippen molar-refractivity contribution in [3.8, 4) is 0 Å². The quantitative estimate of drug-likeness (QED) is 0.360. The van der Waals surface area contributed by atoms with Crippen molar-refractivity contribution in [1.82, 2.24) is 0 Å². The van der Waals surface area contributed by atoms with Crippen LogP contribution in [0.15, 0.2) is 18.2 Å². The van der Waals surface area contributed by atoms with Gasteiger partial charge in [0, 0.05) is 0 Å². The number of halogens is 2. The van der Waals surface area contributed by atoms with Gasteiger partial charge in [-0.2, -0.15) is 0 Å². The largest absolute Gasteiger partial charge is 0.328 e. The lowest BCUT2D eigenvalue weighted by Crippen LogP contribution is -2.09. The number of nitrogen functional groups attached to an aromatic ring is 1. The fourth-order valence-corrected chi connectivity index (χ4v) is 0.615. The highest BCUT2D eigenvalue weighted by molar-refractivity contribution is 5.43. The molecule has 0 aliphatic heterocycles. The molecule has 0 unspecified atom stereocenters. The monoisotopic (exact) mass is 207 g/mol. The summed E-state index contributed by atoms with van der Waals surface area (Å²) in [4.78, 5) is 8.36. The molecule has 4 N–H and O–H groups in total. The van der Waals surface area contributed by atoms with Gasteiger partial charge in [0.05, 0.1) is 5.69 Å². The summed E-state index contributed by atoms with van der Waals surface area (Å²) in [6.45, 7) is 0. The van der Waals surface area contributed by atoms with Crippen LogP contribution in [0.1, 0.15) is 0 Å². The highest BCUT2D eigenvalue weighted by atomic mass is 19.2. The Hall–Kier alpha value is -1.96. The minimum atomic E-state index is -1.50. The second kappa shape index (κ2) is 5.65. The summed E-state index contributed by atoms with van der Waals surface area (Å²) in [7, 11) is 0. The van der Waals surface area contributed by atoms with Gasteiger partial charge in [-0.25, -0.2) is 8.78 Å². The van der Waals surface area contributed by atoms with Crippen LogP contribution >= 0.6 is 0 Å². The van der Waals surface area contributed by atoms with Crippen LogP contribution in [0.25, 0.3) is 0 Å². The van der Waals surface area contributed by atoms with Crippen LogP contribution < -0.4 is 11.3 Å². The first-order valence-corrected chi connectivity index (χ1v) is 3.23. The Morgan fingerprint density at radius 3 is 2.36 bits per heavy atom. The van der Waals surface area contributed by atoms with Crippen molar-refractivity contribution in [2.24, 2.45) is 5.84 Å². The van der Waals surface area contributed by atoms with Crippen molar-refractivity contribution in [3.05, 3.63) is 39.9 Å². The molecule has 0 bridgehead atoms. The minimum Gasteiger partial charge on any atom is -0.328 e. The van der Waals surface area contributed by atoms with Crippen molar-refractivity contribution >= 4 is 5.69 Å². The molecule has 0 aromatic heterocycles. The molecule has 6 nitrogen and oxygen atoms in total. The van der Waals surface area contributed by atoms with E-state index < -0.39 is 16.7 Å². The van der Waals surface area contributed by atoms with Gasteiger partial charge in [-0.15, -0.1) is 10.1 Å². The molecule has 0 saturated carbocycles. The predicted molar refractivity (Wildman–Crippen MR) is 42.9 cm³/mol. The first-order valence-electron chi connectivity index (χ1n) is 3.23. The SMILES string of the molecule is NNc1cccc(F)c1F.O=[N+]([O-])O. The summed E-state index contributed by atoms with van der Waals surface area (Å²) in [6, 6.07) is 3.74. The molecule has 0 fully saturated rings. The third-order valence-electron chi connectivity index (χ3n) is 1.11. The van der Waals surface area contributed by atoms with Gasteiger partial charge in [0.15, 0.2) is 11.6 Å². The van der Waals surface area contributed by atoms with E-state index in [9.17, 15) is 8.78 Å². The number of benzene rings is 1. The van der Waals surface area contributed by atoms with Gasteiger partial charge in [0.1, 0.15) is 0 Å². The smallest absolute Gasteiger partial charge is 0.291 e. The van der Waals surface area contributed by atoms with Crippen LogP contribution in [0, 0.1) is 21.7 Å². The molecule has 0 aliphatic carbocycles. The summed E-state index contributed by atoms with van der Waals surface area (Å²) >= 11 is 0. The number of nitrogens with one attached hydrogen (secondary N) is 1. The highest BCUT2D eigenvalue weighted by Crippen LogP contribution is 2.14. The number of hydrogen-bond donors (Lipinski definition) is 3. The minimum absolute atomic E-state index is 0.0417. The Morgan fingerprint density at radius 1 is 1.50 bits per heavy atom. The Bertz CT molecular complexity index is 317. The molecule has 0 radical (unpaired) electrons. The molecule has 0 amide bonds. The fourth-order valence-electron chi connectivity index (χ4n) is 0.615. The Labute approximate surface area is 77.0 Å². The van der Waals surface area contributed by atoms with E-state index in [1.807, 2.05) is 5.43 Å². The number of hydrazine groups is 1. The average Bonchev–Trinajstić information content (AvgIpc) is 2.09. The zero-order chi connectivity index (χ0) is 11.1. The molecule has 0 atom stereocenters. The van der Waals surface area contributed by atoms with Gasteiger partial charge in [0.2, 0.25) is 0 Å². The topological polar surface area (TPSA) is 101 Å². The molecule has 1 rings (SSSR count). The van der Waals surface area contributed by atoms with E-state index in [-0.39, 0.29) is 5.69 Å². The van der Waals surface area contributed by atoms with Gasteiger partial charge < -0.3 is 10.6 Å². The van der Waals surface area contributed by atoms with Gasteiger partial charge in [-0.1, -0.05) is 6.07 Å². The first kappa shape index (κ1) is 12.0. The molecule has 1 aromatic carbocycles. The Morgan fingerprint density at radius 2 is 2.00 bits per heavy atom. The summed E-state index contributed by atoms with van der Waals surface area (Å²) in [5.41, 5.74) is 1.98. The molecule has 1 aromatic rings. The van der Waals surface area contributed by atoms with Crippen LogP contribution in [0.2, 0.25) is 0 Å². The molecule has 78 valence electrons. The summed E-state index contributed by atoms with van der Waals surface area (Å²) in [5, 5.41) is 13.6. The van der Waals surface area contributed by atoms with Gasteiger partial charge in [-0.3, -0.25) is 5.84 Å². The standard InChI is InChI=1S/C6H6F2N2.HNO3/c7-4-2-1-3-5(10-9)6(4)8;2-1(3)4/h1-3,10H,9H2;(H,2,3,4). The molecule has 0 aliphatic rings. The zero-order valence-corrected chi connectivity index (χ0v) is 6.78. The Kier molecular flexibility index (Phi) is 4.86. The van der Waals surface area contributed by atoms with Crippen LogP contribution in [0.4, 0.5) is 14.5 Å². The van der Waals surface area contributed by atoms with Gasteiger partial charge in [0.25, 0.3) is 5.09 Å². The lowest BCUT2D eigenvalue weighted by molar-refractivity contribution is -0.742. The molecular formula is C6H7F2N3O3. The van der Waals surface area contributed by atoms with E-state index >= 15 is 0 Å². The van der Waals surface area contributed by atoms with E-state index in [1.165, 1.54) is 12.1 Å². The summed E-state index contributed by atoms with van der Waals surface area (Å²) < 4.78 is 24.8. The number of nitrogens with zero attached hydrogens (tertiary/aromatic N) is 1. The van der Waals surface area contributed by atoms with Crippen LogP contribution in [-0.4, -0.2) is 10.3 Å². The van der Waals surface area contributed by atoms with Crippen molar-refractivity contribution in [3.63, 3.8) is 0 Å². The normalized spacial score (nSPS) is 8.50. The van der Waals surface area contributed by atoms with Crippen LogP contribution in [0.3, 0.4) is 0 Å². The molecule has 0 saturated heterocycles. The van der Waals surface area contributed by atoms with Gasteiger partial charge >= 0.3 is 0 Å². The molecule has 8 heteroatoms. The summed E-state index contributed by atoms with van der Waals surface area (Å²) in [5.74, 6) is 3.00. The lowest BCUT2D eigenvalue weighted by atomic mass is 10.3. The van der Waals surface area contributed by atoms with Crippen LogP contribution in [0.5, 0.6) is 0 Å². The van der Waals surface area contributed by atoms with E-state index in [4.69, 9.17) is 21.2 Å². The maximum atomic E-state index is 12.5. The van der Waals surface area contributed by atoms with Crippen molar-refractivity contribution in [2.45, 2.75) is 0 Å². The van der Waals surface area contributed by atoms with E-state index in [0.717, 1.165) is 6.07 Å². The zero-order valence-electron chi connectivity index (χ0n) is 6.78. The molecule has 0 spiro atoms. The molecule has 0 heterocycles. The third-order valence-corrected chi connectivity index (χ3v) is 1.11. The number of rotatable bonds is 1. The third kappa shape index (κ3) is 4.16. The Balaban J connectivity index is 0.000000364. The number of anilines is 1. The first-order chi connectivity index (χ1) is 6.49. The molecular weight excluding hydrogens is 200 g/mol. The maximum absolute atomic E-state index is 12.5. The fraction of sp³-hybridized carbons (Fsp3) is 0. The second-order valence-electron chi connectivity index (χ2n) is 1.98. The second-order valence-corrected chi connectivity index (χ2v) is 1.98. The van der Waals surface area contributed by atoms with Crippen LogP contribution in [-0.2, 0) is 0 Å². The summed E-state index contributed by atoms with van der Waals surface area (Å²) in [6.07, 6.45) is 0. The lowest BCUT2D eigenvalue weighted by Gasteiger charge is -1.99. The van der Waals surface area contributed by atoms with Crippen molar-refractivity contribution in [1.29, 1.82) is 0 Å². The van der Waals surface area contributed by atoms with Crippen molar-refractivity contribution in [2.75, 3.05) is 5.43 Å². The van der Waals surface area contributed by atoms with Crippen molar-refractivity contribution < 1.29 is 19.1 Å². The van der Waals surface area contributed by atoms with E-state index in [2.05, 4.69) is 0 Å². The number of hydrogen-bond acceptors (Lipinski definition) is 4. The van der Waals surface area contributed by atoms with E-state index in [0.29, 0.717) is 0 Å². The number of nitrogens with two attached hydrogens (primary N) is 1. The maximum Gasteiger partial charge on any atom is 0.291 e. The predicted octanol–water partition coefficient (Wildman–Crippen LogP) is 0.903.